The molecule has 0 heterocycles. The van der Waals surface area contributed by atoms with Gasteiger partial charge in [0.05, 0.1) is 0 Å². The van der Waals surface area contributed by atoms with Gasteiger partial charge in [0.1, 0.15) is 5.78 Å². The average Bonchev–Trinajstić information content (AvgIpc) is 1.65. The molecule has 1 heteroatoms. The van der Waals surface area contributed by atoms with Crippen LogP contribution in [0.15, 0.2) is 0 Å². The van der Waals surface area contributed by atoms with Gasteiger partial charge in [-0.15, -0.1) is 0 Å². The standard InChI is InChI=1S/C7H13O/c1-4-7(8)5-6(2)3/h6H,1,4-5H2,2-3H3. The van der Waals surface area contributed by atoms with E-state index in [1.54, 1.807) is 0 Å². The van der Waals surface area contributed by atoms with Crippen LogP contribution in [0.2, 0.25) is 0 Å². The van der Waals surface area contributed by atoms with Gasteiger partial charge in [0.25, 0.3) is 0 Å². The van der Waals surface area contributed by atoms with Crippen LogP contribution in [0.25, 0.3) is 0 Å². The van der Waals surface area contributed by atoms with E-state index < -0.39 is 0 Å². The average molecular weight is 113 g/mol. The topological polar surface area (TPSA) is 17.1 Å². The first kappa shape index (κ1) is 7.67. The van der Waals surface area contributed by atoms with Crippen LogP contribution in [-0.4, -0.2) is 5.78 Å². The molecule has 0 atom stereocenters. The molecule has 1 radical (unpaired) electrons. The summed E-state index contributed by atoms with van der Waals surface area (Å²) in [7, 11) is 0. The molecule has 0 saturated heterocycles. The fraction of sp³-hybridized carbons (Fsp3) is 0.714. The molecule has 0 aromatic rings. The first-order valence-electron chi connectivity index (χ1n) is 2.97. The van der Waals surface area contributed by atoms with E-state index in [-0.39, 0.29) is 5.78 Å². The van der Waals surface area contributed by atoms with E-state index in [0.717, 1.165) is 0 Å². The summed E-state index contributed by atoms with van der Waals surface area (Å²) < 4.78 is 0. The van der Waals surface area contributed by atoms with E-state index in [2.05, 4.69) is 6.92 Å². The number of hydrogen-bond acceptors (Lipinski definition) is 1. The Morgan fingerprint density at radius 2 is 2.12 bits per heavy atom. The molecule has 0 aromatic carbocycles. The van der Waals surface area contributed by atoms with Gasteiger partial charge in [-0.1, -0.05) is 13.8 Å². The molecule has 0 saturated carbocycles. The molecule has 0 aromatic heterocycles. The smallest absolute Gasteiger partial charge is 0.133 e. The molecule has 0 N–H and O–H groups in total. The molecule has 0 fully saturated rings. The number of ketones is 1. The Kier molecular flexibility index (Phi) is 3.49. The van der Waals surface area contributed by atoms with Crippen molar-refractivity contribution in [1.82, 2.24) is 0 Å². The third-order valence-corrected chi connectivity index (χ3v) is 0.915. The highest BCUT2D eigenvalue weighted by Crippen LogP contribution is 2.00. The highest BCUT2D eigenvalue weighted by atomic mass is 16.1. The van der Waals surface area contributed by atoms with Gasteiger partial charge >= 0.3 is 0 Å². The van der Waals surface area contributed by atoms with Crippen molar-refractivity contribution in [2.75, 3.05) is 0 Å². The minimum atomic E-state index is 0.264. The molecule has 0 spiro atoms. The fourth-order valence-electron chi connectivity index (χ4n) is 0.557. The monoisotopic (exact) mass is 113 g/mol. The SMILES string of the molecule is [CH2]CC(=O)CC(C)C. The summed E-state index contributed by atoms with van der Waals surface area (Å²) >= 11 is 0. The van der Waals surface area contributed by atoms with Crippen LogP contribution in [-0.2, 0) is 4.79 Å². The molecule has 0 aliphatic rings. The van der Waals surface area contributed by atoms with E-state index in [0.29, 0.717) is 18.8 Å². The summed E-state index contributed by atoms with van der Waals surface area (Å²) in [6.07, 6.45) is 1.13. The van der Waals surface area contributed by atoms with Crippen LogP contribution in [0.4, 0.5) is 0 Å². The third kappa shape index (κ3) is 3.85. The lowest BCUT2D eigenvalue weighted by molar-refractivity contribution is -0.118. The van der Waals surface area contributed by atoms with Gasteiger partial charge < -0.3 is 0 Å². The van der Waals surface area contributed by atoms with Crippen LogP contribution in [0.1, 0.15) is 26.7 Å². The van der Waals surface area contributed by atoms with Gasteiger partial charge in [0.2, 0.25) is 0 Å². The van der Waals surface area contributed by atoms with Crippen molar-refractivity contribution in [2.24, 2.45) is 5.92 Å². The summed E-state index contributed by atoms with van der Waals surface area (Å²) in [6, 6.07) is 0. The lowest BCUT2D eigenvalue weighted by Crippen LogP contribution is -1.99. The number of carbonyl (C=O) groups excluding carboxylic acids is 1. The van der Waals surface area contributed by atoms with Crippen LogP contribution in [0.3, 0.4) is 0 Å². The maximum Gasteiger partial charge on any atom is 0.133 e. The lowest BCUT2D eigenvalue weighted by atomic mass is 10.1. The molecule has 0 aliphatic heterocycles. The quantitative estimate of drug-likeness (QED) is 0.545. The second kappa shape index (κ2) is 3.65. The zero-order valence-electron chi connectivity index (χ0n) is 5.61. The molecule has 0 amide bonds. The first-order chi connectivity index (χ1) is 3.66. The summed E-state index contributed by atoms with van der Waals surface area (Å²) in [5, 5.41) is 0. The van der Waals surface area contributed by atoms with Gasteiger partial charge in [-0.05, 0) is 12.8 Å². The van der Waals surface area contributed by atoms with Gasteiger partial charge in [0, 0.05) is 12.8 Å². The maximum absolute atomic E-state index is 10.6. The van der Waals surface area contributed by atoms with Crippen molar-refractivity contribution >= 4 is 5.78 Å². The van der Waals surface area contributed by atoms with Crippen molar-refractivity contribution in [3.05, 3.63) is 6.92 Å². The zero-order valence-corrected chi connectivity index (χ0v) is 5.61. The largest absolute Gasteiger partial charge is 0.300 e. The highest BCUT2D eigenvalue weighted by Gasteiger charge is 1.99. The minimum absolute atomic E-state index is 0.264. The summed E-state index contributed by atoms with van der Waals surface area (Å²) in [4.78, 5) is 10.6. The summed E-state index contributed by atoms with van der Waals surface area (Å²) in [5.41, 5.74) is 0. The maximum atomic E-state index is 10.6. The van der Waals surface area contributed by atoms with Gasteiger partial charge in [-0.25, -0.2) is 0 Å². The normalized spacial score (nSPS) is 10.0. The Hall–Kier alpha value is -0.330. The second-order valence-corrected chi connectivity index (χ2v) is 2.39. The van der Waals surface area contributed by atoms with Crippen molar-refractivity contribution in [3.8, 4) is 0 Å². The Morgan fingerprint density at radius 1 is 1.62 bits per heavy atom. The highest BCUT2D eigenvalue weighted by molar-refractivity contribution is 5.78. The van der Waals surface area contributed by atoms with Gasteiger partial charge in [-0.2, -0.15) is 0 Å². The van der Waals surface area contributed by atoms with E-state index in [9.17, 15) is 4.79 Å². The van der Waals surface area contributed by atoms with Crippen LogP contribution in [0, 0.1) is 12.8 Å². The van der Waals surface area contributed by atoms with E-state index in [1.165, 1.54) is 0 Å². The van der Waals surface area contributed by atoms with Crippen LogP contribution < -0.4 is 0 Å². The van der Waals surface area contributed by atoms with Gasteiger partial charge in [0.15, 0.2) is 0 Å². The lowest BCUT2D eigenvalue weighted by Gasteiger charge is -1.98. The molecule has 47 valence electrons. The third-order valence-electron chi connectivity index (χ3n) is 0.915. The molecule has 8 heavy (non-hydrogen) atoms. The van der Waals surface area contributed by atoms with Crippen molar-refractivity contribution in [2.45, 2.75) is 26.7 Å². The summed E-state index contributed by atoms with van der Waals surface area (Å²) in [5.74, 6) is 0.754. The number of hydrogen-bond donors (Lipinski definition) is 0. The molecular weight excluding hydrogens is 100 g/mol. The molecule has 1 nitrogen and oxygen atoms in total. The van der Waals surface area contributed by atoms with Gasteiger partial charge in [-0.3, -0.25) is 4.79 Å². The van der Waals surface area contributed by atoms with E-state index >= 15 is 0 Å². The molecular formula is C7H13O. The Morgan fingerprint density at radius 3 is 2.25 bits per heavy atom. The zero-order chi connectivity index (χ0) is 6.57. The van der Waals surface area contributed by atoms with E-state index in [4.69, 9.17) is 0 Å². The minimum Gasteiger partial charge on any atom is -0.300 e. The summed E-state index contributed by atoms with van der Waals surface area (Å²) in [6.45, 7) is 7.56. The molecule has 0 aliphatic carbocycles. The molecule has 0 bridgehead atoms. The van der Waals surface area contributed by atoms with E-state index in [1.807, 2.05) is 13.8 Å². The molecule has 0 unspecified atom stereocenters. The Labute approximate surface area is 51.1 Å². The predicted octanol–water partition coefficient (Wildman–Crippen LogP) is 1.83. The Bertz CT molecular complexity index is 74.5. The number of Topliss-reactive ketones (excluding diaryl/α,β-unsaturated/α-hetero) is 1. The Balaban J connectivity index is 3.25. The first-order valence-corrected chi connectivity index (χ1v) is 2.97. The number of carbonyl (C=O) groups is 1. The van der Waals surface area contributed by atoms with Crippen molar-refractivity contribution in [3.63, 3.8) is 0 Å². The second-order valence-electron chi connectivity index (χ2n) is 2.39. The van der Waals surface area contributed by atoms with Crippen LogP contribution >= 0.6 is 0 Å². The molecule has 0 rings (SSSR count). The number of rotatable bonds is 3. The fourth-order valence-corrected chi connectivity index (χ4v) is 0.557. The van der Waals surface area contributed by atoms with Crippen molar-refractivity contribution < 1.29 is 4.79 Å². The predicted molar refractivity (Wildman–Crippen MR) is 34.4 cm³/mol. The van der Waals surface area contributed by atoms with Crippen LogP contribution in [0.5, 0.6) is 0 Å². The van der Waals surface area contributed by atoms with Crippen molar-refractivity contribution in [1.29, 1.82) is 0 Å².